The van der Waals surface area contributed by atoms with Gasteiger partial charge in [-0.05, 0) is 24.1 Å². The molecule has 1 aromatic heterocycles. The normalized spacial score (nSPS) is 12.6. The Labute approximate surface area is 101 Å². The number of hydrogen-bond acceptors (Lipinski definition) is 3. The molecule has 0 fully saturated rings. The van der Waals surface area contributed by atoms with E-state index in [2.05, 4.69) is 11.9 Å². The van der Waals surface area contributed by atoms with Crippen LogP contribution in [0.1, 0.15) is 30.6 Å². The van der Waals surface area contributed by atoms with Crippen LogP contribution < -0.4 is 5.73 Å². The van der Waals surface area contributed by atoms with Crippen molar-refractivity contribution in [3.05, 3.63) is 48.0 Å². The third kappa shape index (κ3) is 2.65. The topological polar surface area (TPSA) is 64.1 Å². The van der Waals surface area contributed by atoms with E-state index in [1.165, 1.54) is 0 Å². The quantitative estimate of drug-likeness (QED) is 0.846. The fourth-order valence-electron chi connectivity index (χ4n) is 1.78. The molecule has 0 aliphatic carbocycles. The van der Waals surface area contributed by atoms with Gasteiger partial charge in [0.1, 0.15) is 5.75 Å². The fourth-order valence-corrected chi connectivity index (χ4v) is 1.78. The Bertz CT molecular complexity index is 476. The Morgan fingerprint density at radius 1 is 1.35 bits per heavy atom. The molecule has 0 radical (unpaired) electrons. The second kappa shape index (κ2) is 5.01. The third-order valence-electron chi connectivity index (χ3n) is 2.85. The van der Waals surface area contributed by atoms with Gasteiger partial charge in [0.05, 0.1) is 12.0 Å². The highest BCUT2D eigenvalue weighted by Crippen LogP contribution is 2.16. The van der Waals surface area contributed by atoms with E-state index < -0.39 is 0 Å². The monoisotopic (exact) mass is 231 g/mol. The van der Waals surface area contributed by atoms with E-state index in [0.717, 1.165) is 24.2 Å². The molecule has 0 aliphatic rings. The molecule has 0 aliphatic heterocycles. The largest absolute Gasteiger partial charge is 0.508 e. The first-order valence-corrected chi connectivity index (χ1v) is 5.74. The highest BCUT2D eigenvalue weighted by Gasteiger charge is 2.09. The molecule has 1 aromatic carbocycles. The number of aromatic nitrogens is 2. The van der Waals surface area contributed by atoms with Crippen LogP contribution in [0.5, 0.6) is 5.75 Å². The Morgan fingerprint density at radius 3 is 2.71 bits per heavy atom. The van der Waals surface area contributed by atoms with Crippen LogP contribution in [0.2, 0.25) is 0 Å². The Hall–Kier alpha value is -1.81. The van der Waals surface area contributed by atoms with Crippen LogP contribution in [-0.2, 0) is 6.54 Å². The zero-order valence-corrected chi connectivity index (χ0v) is 9.87. The van der Waals surface area contributed by atoms with E-state index in [-0.39, 0.29) is 11.8 Å². The lowest BCUT2D eigenvalue weighted by molar-refractivity contribution is 0.475. The number of nitrogens with two attached hydrogens (primary N) is 1. The van der Waals surface area contributed by atoms with Crippen molar-refractivity contribution in [2.75, 3.05) is 0 Å². The van der Waals surface area contributed by atoms with Gasteiger partial charge in [0, 0.05) is 18.8 Å². The van der Waals surface area contributed by atoms with Crippen molar-refractivity contribution in [3.8, 4) is 5.75 Å². The fraction of sp³-hybridized carbons (Fsp3) is 0.308. The highest BCUT2D eigenvalue weighted by atomic mass is 16.3. The molecular weight excluding hydrogens is 214 g/mol. The van der Waals surface area contributed by atoms with Crippen LogP contribution in [0, 0.1) is 0 Å². The number of benzene rings is 1. The van der Waals surface area contributed by atoms with Crippen molar-refractivity contribution in [2.45, 2.75) is 25.9 Å². The molecule has 1 heterocycles. The summed E-state index contributed by atoms with van der Waals surface area (Å²) in [4.78, 5) is 4.14. The zero-order valence-electron chi connectivity index (χ0n) is 9.87. The van der Waals surface area contributed by atoms with E-state index >= 15 is 0 Å². The number of rotatable bonds is 4. The Balaban J connectivity index is 2.18. The summed E-state index contributed by atoms with van der Waals surface area (Å²) in [5.74, 6) is 0.282. The Morgan fingerprint density at radius 2 is 2.06 bits per heavy atom. The van der Waals surface area contributed by atoms with Gasteiger partial charge in [-0.15, -0.1) is 0 Å². The summed E-state index contributed by atoms with van der Waals surface area (Å²) < 4.78 is 2.04. The smallest absolute Gasteiger partial charge is 0.115 e. The SMILES string of the molecule is CC[C@@H](N)c1cncn1Cc1ccc(O)cc1. The van der Waals surface area contributed by atoms with Gasteiger partial charge in [0.2, 0.25) is 0 Å². The van der Waals surface area contributed by atoms with Gasteiger partial charge in [0.15, 0.2) is 0 Å². The number of hydrogen-bond donors (Lipinski definition) is 2. The Kier molecular flexibility index (Phi) is 3.44. The average molecular weight is 231 g/mol. The lowest BCUT2D eigenvalue weighted by Crippen LogP contribution is -2.14. The van der Waals surface area contributed by atoms with Crippen LogP contribution in [-0.4, -0.2) is 14.7 Å². The summed E-state index contributed by atoms with van der Waals surface area (Å²) in [5, 5.41) is 9.22. The maximum atomic E-state index is 9.22. The predicted molar refractivity (Wildman–Crippen MR) is 66.7 cm³/mol. The van der Waals surface area contributed by atoms with Crippen LogP contribution in [0.4, 0.5) is 0 Å². The van der Waals surface area contributed by atoms with Gasteiger partial charge in [-0.2, -0.15) is 0 Å². The minimum absolute atomic E-state index is 0.0228. The maximum Gasteiger partial charge on any atom is 0.115 e. The molecule has 17 heavy (non-hydrogen) atoms. The predicted octanol–water partition coefficient (Wildman–Crippen LogP) is 2.05. The minimum atomic E-state index is 0.0228. The standard InChI is InChI=1S/C13H17N3O/c1-2-12(14)13-7-15-9-16(13)8-10-3-5-11(17)6-4-10/h3-7,9,12,17H,2,8,14H2,1H3/t12-/m1/s1. The number of nitrogens with zero attached hydrogens (tertiary/aromatic N) is 2. The molecule has 0 saturated carbocycles. The van der Waals surface area contributed by atoms with Crippen molar-refractivity contribution in [1.29, 1.82) is 0 Å². The summed E-state index contributed by atoms with van der Waals surface area (Å²) in [5.41, 5.74) is 8.17. The molecule has 4 nitrogen and oxygen atoms in total. The molecular formula is C13H17N3O. The first kappa shape index (κ1) is 11.7. The van der Waals surface area contributed by atoms with E-state index in [1.807, 2.05) is 22.9 Å². The van der Waals surface area contributed by atoms with Crippen molar-refractivity contribution in [1.82, 2.24) is 9.55 Å². The van der Waals surface area contributed by atoms with Gasteiger partial charge in [-0.1, -0.05) is 19.1 Å². The number of phenols is 1. The molecule has 3 N–H and O–H groups in total. The third-order valence-corrected chi connectivity index (χ3v) is 2.85. The molecule has 4 heteroatoms. The highest BCUT2D eigenvalue weighted by molar-refractivity contribution is 5.26. The molecule has 0 bridgehead atoms. The van der Waals surface area contributed by atoms with Gasteiger partial charge in [-0.3, -0.25) is 0 Å². The molecule has 2 rings (SSSR count). The molecule has 2 aromatic rings. The maximum absolute atomic E-state index is 9.22. The second-order valence-corrected chi connectivity index (χ2v) is 4.13. The molecule has 0 unspecified atom stereocenters. The summed E-state index contributed by atoms with van der Waals surface area (Å²) in [6, 6.07) is 7.19. The zero-order chi connectivity index (χ0) is 12.3. The van der Waals surface area contributed by atoms with Crippen LogP contribution >= 0.6 is 0 Å². The summed E-state index contributed by atoms with van der Waals surface area (Å²) >= 11 is 0. The van der Waals surface area contributed by atoms with Crippen molar-refractivity contribution < 1.29 is 5.11 Å². The number of phenolic OH excluding ortho intramolecular Hbond substituents is 1. The van der Waals surface area contributed by atoms with Gasteiger partial charge in [-0.25, -0.2) is 4.98 Å². The average Bonchev–Trinajstić information content (AvgIpc) is 2.79. The lowest BCUT2D eigenvalue weighted by Gasteiger charge is -2.12. The summed E-state index contributed by atoms with van der Waals surface area (Å²) in [6.45, 7) is 2.78. The van der Waals surface area contributed by atoms with Gasteiger partial charge >= 0.3 is 0 Å². The molecule has 0 saturated heterocycles. The first-order valence-electron chi connectivity index (χ1n) is 5.74. The lowest BCUT2D eigenvalue weighted by atomic mass is 10.1. The second-order valence-electron chi connectivity index (χ2n) is 4.13. The van der Waals surface area contributed by atoms with Crippen molar-refractivity contribution in [3.63, 3.8) is 0 Å². The first-order chi connectivity index (χ1) is 8.20. The molecule has 90 valence electrons. The molecule has 0 amide bonds. The van der Waals surface area contributed by atoms with E-state index in [4.69, 9.17) is 5.73 Å². The van der Waals surface area contributed by atoms with Crippen LogP contribution in [0.3, 0.4) is 0 Å². The minimum Gasteiger partial charge on any atom is -0.508 e. The van der Waals surface area contributed by atoms with E-state index in [9.17, 15) is 5.11 Å². The van der Waals surface area contributed by atoms with Gasteiger partial charge < -0.3 is 15.4 Å². The number of aromatic hydroxyl groups is 1. The van der Waals surface area contributed by atoms with Crippen LogP contribution in [0.25, 0.3) is 0 Å². The van der Waals surface area contributed by atoms with E-state index in [0.29, 0.717) is 0 Å². The molecule has 1 atom stereocenters. The summed E-state index contributed by atoms with van der Waals surface area (Å²) in [7, 11) is 0. The van der Waals surface area contributed by atoms with E-state index in [1.54, 1.807) is 18.5 Å². The van der Waals surface area contributed by atoms with Crippen LogP contribution in [0.15, 0.2) is 36.8 Å². The van der Waals surface area contributed by atoms with Crippen molar-refractivity contribution >= 4 is 0 Å². The van der Waals surface area contributed by atoms with Crippen molar-refractivity contribution in [2.24, 2.45) is 5.73 Å². The van der Waals surface area contributed by atoms with Gasteiger partial charge in [0.25, 0.3) is 0 Å². The summed E-state index contributed by atoms with van der Waals surface area (Å²) in [6.07, 6.45) is 4.49. The molecule has 0 spiro atoms. The number of imidazole rings is 1.